The lowest BCUT2D eigenvalue weighted by Gasteiger charge is -2.15. The summed E-state index contributed by atoms with van der Waals surface area (Å²) in [5.41, 5.74) is 6.31. The van der Waals surface area contributed by atoms with Crippen molar-refractivity contribution in [1.82, 2.24) is 0 Å². The molecule has 0 fully saturated rings. The highest BCUT2D eigenvalue weighted by Crippen LogP contribution is 2.36. The summed E-state index contributed by atoms with van der Waals surface area (Å²) in [7, 11) is 1.61. The first-order valence-corrected chi connectivity index (χ1v) is 7.15. The van der Waals surface area contributed by atoms with Crippen molar-refractivity contribution < 1.29 is 14.3 Å². The van der Waals surface area contributed by atoms with E-state index in [1.165, 1.54) is 0 Å². The second-order valence-electron chi connectivity index (χ2n) is 4.09. The largest absolute Gasteiger partial charge is 0.462 e. The predicted molar refractivity (Wildman–Crippen MR) is 79.0 cm³/mol. The summed E-state index contributed by atoms with van der Waals surface area (Å²) in [5.74, 6) is -0.501. The lowest BCUT2D eigenvalue weighted by Crippen LogP contribution is -2.23. The fourth-order valence-corrected chi connectivity index (χ4v) is 2.69. The van der Waals surface area contributed by atoms with Crippen molar-refractivity contribution in [3.63, 3.8) is 0 Å². The SMILES string of the molecule is CCOC(=O)c1sc(NC(CC)COC)c(C#N)c1N. The second-order valence-corrected chi connectivity index (χ2v) is 5.11. The van der Waals surface area contributed by atoms with Gasteiger partial charge in [-0.25, -0.2) is 4.79 Å². The number of nitrogens with two attached hydrogens (primary N) is 1. The first-order valence-electron chi connectivity index (χ1n) is 6.33. The summed E-state index contributed by atoms with van der Waals surface area (Å²) < 4.78 is 10.0. The topological polar surface area (TPSA) is 97.4 Å². The van der Waals surface area contributed by atoms with E-state index in [0.29, 0.717) is 11.6 Å². The zero-order valence-electron chi connectivity index (χ0n) is 11.9. The normalized spacial score (nSPS) is 11.7. The molecule has 0 saturated carbocycles. The first kappa shape index (κ1) is 16.3. The third kappa shape index (κ3) is 3.62. The number of nitriles is 1. The van der Waals surface area contributed by atoms with E-state index in [0.717, 1.165) is 17.8 Å². The van der Waals surface area contributed by atoms with Crippen molar-refractivity contribution in [2.75, 3.05) is 31.4 Å². The molecule has 0 amide bonds. The molecule has 0 radical (unpaired) electrons. The molecule has 1 rings (SSSR count). The van der Waals surface area contributed by atoms with Crippen LogP contribution in [0.5, 0.6) is 0 Å². The summed E-state index contributed by atoms with van der Waals surface area (Å²) in [5, 5.41) is 13.0. The van der Waals surface area contributed by atoms with Gasteiger partial charge in [0.1, 0.15) is 21.5 Å². The zero-order valence-corrected chi connectivity index (χ0v) is 12.7. The van der Waals surface area contributed by atoms with Gasteiger partial charge in [0, 0.05) is 13.2 Å². The number of thiophene rings is 1. The third-order valence-electron chi connectivity index (χ3n) is 2.71. The molecule has 1 atom stereocenters. The van der Waals surface area contributed by atoms with Crippen LogP contribution in [0.15, 0.2) is 0 Å². The quantitative estimate of drug-likeness (QED) is 0.749. The Balaban J connectivity index is 3.05. The molecule has 0 aliphatic heterocycles. The molecule has 1 aromatic heterocycles. The Labute approximate surface area is 122 Å². The average molecular weight is 297 g/mol. The number of methoxy groups -OCH3 is 1. The van der Waals surface area contributed by atoms with Crippen molar-refractivity contribution in [3.05, 3.63) is 10.4 Å². The van der Waals surface area contributed by atoms with Gasteiger partial charge >= 0.3 is 5.97 Å². The number of carbonyl (C=O) groups excluding carboxylic acids is 1. The predicted octanol–water partition coefficient (Wildman–Crippen LogP) is 2.22. The summed E-state index contributed by atoms with van der Waals surface area (Å²) in [6.07, 6.45) is 0.825. The number of esters is 1. The lowest BCUT2D eigenvalue weighted by atomic mass is 10.2. The van der Waals surface area contributed by atoms with Crippen LogP contribution < -0.4 is 11.1 Å². The van der Waals surface area contributed by atoms with E-state index in [1.807, 2.05) is 13.0 Å². The zero-order chi connectivity index (χ0) is 15.1. The minimum Gasteiger partial charge on any atom is -0.462 e. The molecule has 0 aliphatic rings. The second kappa shape index (κ2) is 7.72. The maximum absolute atomic E-state index is 11.8. The highest BCUT2D eigenvalue weighted by molar-refractivity contribution is 7.18. The molecule has 0 spiro atoms. The Bertz CT molecular complexity index is 508. The maximum atomic E-state index is 11.8. The number of nitrogens with zero attached hydrogens (tertiary/aromatic N) is 1. The van der Waals surface area contributed by atoms with Gasteiger partial charge in [-0.3, -0.25) is 0 Å². The lowest BCUT2D eigenvalue weighted by molar-refractivity contribution is 0.0533. The van der Waals surface area contributed by atoms with E-state index in [2.05, 4.69) is 5.32 Å². The van der Waals surface area contributed by atoms with E-state index < -0.39 is 5.97 Å². The van der Waals surface area contributed by atoms with Crippen molar-refractivity contribution in [2.45, 2.75) is 26.3 Å². The number of nitrogens with one attached hydrogen (secondary N) is 1. The molecule has 3 N–H and O–H groups in total. The van der Waals surface area contributed by atoms with Gasteiger partial charge in [-0.2, -0.15) is 5.26 Å². The van der Waals surface area contributed by atoms with Crippen molar-refractivity contribution >= 4 is 28.0 Å². The van der Waals surface area contributed by atoms with Gasteiger partial charge in [0.05, 0.1) is 18.9 Å². The Morgan fingerprint density at radius 3 is 2.75 bits per heavy atom. The number of hydrogen-bond donors (Lipinski definition) is 2. The highest BCUT2D eigenvalue weighted by Gasteiger charge is 2.23. The van der Waals surface area contributed by atoms with Crippen molar-refractivity contribution in [2.24, 2.45) is 0 Å². The third-order valence-corrected chi connectivity index (χ3v) is 3.83. The monoisotopic (exact) mass is 297 g/mol. The molecule has 20 heavy (non-hydrogen) atoms. The molecule has 0 bridgehead atoms. The fraction of sp³-hybridized carbons (Fsp3) is 0.538. The van der Waals surface area contributed by atoms with Crippen LogP contribution in [0.1, 0.15) is 35.5 Å². The molecular formula is C13H19N3O3S. The van der Waals surface area contributed by atoms with Crippen molar-refractivity contribution in [1.29, 1.82) is 5.26 Å². The summed E-state index contributed by atoms with van der Waals surface area (Å²) >= 11 is 1.14. The Kier molecular flexibility index (Phi) is 6.28. The molecule has 1 heterocycles. The van der Waals surface area contributed by atoms with E-state index >= 15 is 0 Å². The maximum Gasteiger partial charge on any atom is 0.350 e. The number of hydrogen-bond acceptors (Lipinski definition) is 7. The smallest absolute Gasteiger partial charge is 0.350 e. The summed E-state index contributed by atoms with van der Waals surface area (Å²) in [6.45, 7) is 4.50. The average Bonchev–Trinajstić information content (AvgIpc) is 2.74. The molecule has 0 aliphatic carbocycles. The molecule has 110 valence electrons. The van der Waals surface area contributed by atoms with Crippen LogP contribution in [0.4, 0.5) is 10.7 Å². The van der Waals surface area contributed by atoms with Crippen LogP contribution in [0.25, 0.3) is 0 Å². The number of anilines is 2. The number of nitrogen functional groups attached to an aromatic ring is 1. The van der Waals surface area contributed by atoms with Gasteiger partial charge in [-0.05, 0) is 13.3 Å². The van der Waals surface area contributed by atoms with E-state index in [1.54, 1.807) is 14.0 Å². The van der Waals surface area contributed by atoms with Gasteiger partial charge in [-0.15, -0.1) is 11.3 Å². The van der Waals surface area contributed by atoms with Crippen LogP contribution in [0.3, 0.4) is 0 Å². The number of carbonyl (C=O) groups is 1. The van der Waals surface area contributed by atoms with Gasteiger partial charge in [0.25, 0.3) is 0 Å². The Hall–Kier alpha value is -1.78. The van der Waals surface area contributed by atoms with Crippen LogP contribution in [0, 0.1) is 11.3 Å². The number of ether oxygens (including phenoxy) is 2. The van der Waals surface area contributed by atoms with E-state index in [9.17, 15) is 10.1 Å². The summed E-state index contributed by atoms with van der Waals surface area (Å²) in [4.78, 5) is 12.0. The van der Waals surface area contributed by atoms with Crippen LogP contribution in [-0.2, 0) is 9.47 Å². The molecule has 7 heteroatoms. The van der Waals surface area contributed by atoms with Gasteiger partial charge in [0.2, 0.25) is 0 Å². The van der Waals surface area contributed by atoms with Gasteiger partial charge in [-0.1, -0.05) is 6.92 Å². The molecule has 0 aromatic carbocycles. The standard InChI is InChI=1S/C13H19N3O3S/c1-4-8(7-18-3)16-12-9(6-14)10(15)11(20-12)13(17)19-5-2/h8,16H,4-5,7,15H2,1-3H3. The minimum atomic E-state index is -0.501. The van der Waals surface area contributed by atoms with Crippen LogP contribution >= 0.6 is 11.3 Å². The molecule has 0 saturated heterocycles. The highest BCUT2D eigenvalue weighted by atomic mass is 32.1. The first-order chi connectivity index (χ1) is 9.58. The summed E-state index contributed by atoms with van der Waals surface area (Å²) in [6, 6.07) is 2.08. The van der Waals surface area contributed by atoms with Gasteiger partial charge < -0.3 is 20.5 Å². The molecule has 1 aromatic rings. The molecule has 1 unspecified atom stereocenters. The van der Waals surface area contributed by atoms with E-state index in [4.69, 9.17) is 15.2 Å². The van der Waals surface area contributed by atoms with Crippen LogP contribution in [-0.4, -0.2) is 32.3 Å². The molecular weight excluding hydrogens is 278 g/mol. The van der Waals surface area contributed by atoms with E-state index in [-0.39, 0.29) is 28.8 Å². The minimum absolute atomic E-state index is 0.0557. The van der Waals surface area contributed by atoms with Gasteiger partial charge in [0.15, 0.2) is 0 Å². The molecule has 6 nitrogen and oxygen atoms in total. The van der Waals surface area contributed by atoms with Crippen molar-refractivity contribution in [3.8, 4) is 6.07 Å². The van der Waals surface area contributed by atoms with Crippen LogP contribution in [0.2, 0.25) is 0 Å². The number of rotatable bonds is 7. The fourth-order valence-electron chi connectivity index (χ4n) is 1.65. The Morgan fingerprint density at radius 1 is 1.55 bits per heavy atom. The Morgan fingerprint density at radius 2 is 2.25 bits per heavy atom.